The molecule has 0 aliphatic heterocycles. The van der Waals surface area contributed by atoms with Crippen LogP contribution in [0.2, 0.25) is 0 Å². The molecule has 0 bridgehead atoms. The Morgan fingerprint density at radius 3 is 2.60 bits per heavy atom. The van der Waals surface area contributed by atoms with Crippen molar-refractivity contribution in [1.29, 1.82) is 0 Å². The Kier molecular flexibility index (Phi) is 5.78. The summed E-state index contributed by atoms with van der Waals surface area (Å²) in [6.07, 6.45) is 0. The van der Waals surface area contributed by atoms with Crippen LogP contribution in [0.5, 0.6) is 5.75 Å². The van der Waals surface area contributed by atoms with Crippen molar-refractivity contribution >= 4 is 21.9 Å². The van der Waals surface area contributed by atoms with Crippen molar-refractivity contribution in [3.8, 4) is 5.75 Å². The van der Waals surface area contributed by atoms with Gasteiger partial charge in [-0.25, -0.2) is 4.79 Å². The Labute approximate surface area is 118 Å². The maximum absolute atomic E-state index is 11.8. The first-order valence-electron chi connectivity index (χ1n) is 6.01. The van der Waals surface area contributed by atoms with Crippen LogP contribution in [0, 0.1) is 5.92 Å². The average molecular weight is 302 g/mol. The van der Waals surface area contributed by atoms with Crippen LogP contribution in [0.1, 0.15) is 13.8 Å². The number of benzene rings is 1. The fraction of sp³-hybridized carbons (Fsp3) is 0.417. The normalized spacial score (nSPS) is 11.3. The van der Waals surface area contributed by atoms with Gasteiger partial charge in [-0.2, -0.15) is 13.1 Å². The first-order valence-corrected chi connectivity index (χ1v) is 7.49. The number of aliphatic carboxylic acids is 1. The van der Waals surface area contributed by atoms with Gasteiger partial charge in [0.05, 0.1) is 5.69 Å². The van der Waals surface area contributed by atoms with Crippen LogP contribution >= 0.6 is 0 Å². The highest BCUT2D eigenvalue weighted by molar-refractivity contribution is 7.90. The summed E-state index contributed by atoms with van der Waals surface area (Å²) in [5, 5.41) is 8.57. The number of nitrogens with one attached hydrogen (secondary N) is 2. The number of para-hydroxylation sites is 2. The van der Waals surface area contributed by atoms with Crippen molar-refractivity contribution in [1.82, 2.24) is 4.72 Å². The van der Waals surface area contributed by atoms with Crippen LogP contribution in [-0.2, 0) is 15.0 Å². The van der Waals surface area contributed by atoms with Gasteiger partial charge >= 0.3 is 5.97 Å². The van der Waals surface area contributed by atoms with E-state index >= 15 is 0 Å². The molecule has 1 aromatic carbocycles. The minimum Gasteiger partial charge on any atom is -0.480 e. The van der Waals surface area contributed by atoms with Gasteiger partial charge in [0.1, 0.15) is 5.75 Å². The molecule has 0 unspecified atom stereocenters. The highest BCUT2D eigenvalue weighted by Crippen LogP contribution is 2.24. The zero-order chi connectivity index (χ0) is 15.2. The van der Waals surface area contributed by atoms with Gasteiger partial charge in [0, 0.05) is 6.54 Å². The number of hydrogen-bond donors (Lipinski definition) is 3. The fourth-order valence-electron chi connectivity index (χ4n) is 1.27. The quantitative estimate of drug-likeness (QED) is 0.666. The van der Waals surface area contributed by atoms with Crippen LogP contribution in [-0.4, -0.2) is 32.6 Å². The Hall–Kier alpha value is -1.80. The van der Waals surface area contributed by atoms with Crippen molar-refractivity contribution in [3.63, 3.8) is 0 Å². The molecular formula is C12H18N2O5S. The minimum absolute atomic E-state index is 0.157. The van der Waals surface area contributed by atoms with Crippen LogP contribution in [0.4, 0.5) is 5.69 Å². The maximum Gasteiger partial charge on any atom is 0.341 e. The van der Waals surface area contributed by atoms with Gasteiger partial charge in [0.2, 0.25) is 0 Å². The number of rotatable bonds is 8. The Morgan fingerprint density at radius 2 is 2.00 bits per heavy atom. The number of carbonyl (C=O) groups is 1. The summed E-state index contributed by atoms with van der Waals surface area (Å²) < 4.78 is 33.3. The van der Waals surface area contributed by atoms with Crippen LogP contribution in [0.15, 0.2) is 24.3 Å². The SMILES string of the molecule is CC(C)CNS(=O)(=O)Nc1ccccc1OCC(=O)O. The van der Waals surface area contributed by atoms with E-state index in [-0.39, 0.29) is 17.4 Å². The topological polar surface area (TPSA) is 105 Å². The lowest BCUT2D eigenvalue weighted by Gasteiger charge is -2.14. The van der Waals surface area contributed by atoms with Crippen molar-refractivity contribution in [3.05, 3.63) is 24.3 Å². The third kappa shape index (κ3) is 5.89. The number of carboxylic acid groups (broad SMARTS) is 1. The molecule has 0 aromatic heterocycles. The molecule has 20 heavy (non-hydrogen) atoms. The van der Waals surface area contributed by atoms with Crippen molar-refractivity contribution in [2.24, 2.45) is 5.92 Å². The Bertz CT molecular complexity index is 557. The molecule has 0 spiro atoms. The van der Waals surface area contributed by atoms with Gasteiger partial charge in [0.25, 0.3) is 10.2 Å². The zero-order valence-corrected chi connectivity index (χ0v) is 12.1. The lowest BCUT2D eigenvalue weighted by atomic mass is 10.2. The second kappa shape index (κ2) is 7.11. The first-order chi connectivity index (χ1) is 9.30. The molecular weight excluding hydrogens is 284 g/mol. The summed E-state index contributed by atoms with van der Waals surface area (Å²) in [4.78, 5) is 10.5. The second-order valence-electron chi connectivity index (χ2n) is 4.53. The Balaban J connectivity index is 2.78. The summed E-state index contributed by atoms with van der Waals surface area (Å²) in [5.74, 6) is -0.810. The smallest absolute Gasteiger partial charge is 0.341 e. The molecule has 112 valence electrons. The fourth-order valence-corrected chi connectivity index (χ4v) is 2.36. The number of carboxylic acids is 1. The summed E-state index contributed by atoms with van der Waals surface area (Å²) in [7, 11) is -3.72. The van der Waals surface area contributed by atoms with E-state index in [1.54, 1.807) is 12.1 Å². The van der Waals surface area contributed by atoms with Crippen LogP contribution in [0.3, 0.4) is 0 Å². The largest absolute Gasteiger partial charge is 0.480 e. The van der Waals surface area contributed by atoms with E-state index in [2.05, 4.69) is 9.44 Å². The van der Waals surface area contributed by atoms with E-state index in [1.165, 1.54) is 12.1 Å². The molecule has 0 saturated carbocycles. The summed E-state index contributed by atoms with van der Waals surface area (Å²) in [5.41, 5.74) is 0.185. The van der Waals surface area contributed by atoms with E-state index in [9.17, 15) is 13.2 Å². The second-order valence-corrected chi connectivity index (χ2v) is 6.03. The van der Waals surface area contributed by atoms with E-state index in [4.69, 9.17) is 9.84 Å². The van der Waals surface area contributed by atoms with Crippen molar-refractivity contribution in [2.75, 3.05) is 17.9 Å². The first kappa shape index (κ1) is 16.3. The van der Waals surface area contributed by atoms with Gasteiger partial charge in [-0.15, -0.1) is 0 Å². The summed E-state index contributed by atoms with van der Waals surface area (Å²) in [6.45, 7) is 3.52. The molecule has 0 aliphatic rings. The lowest BCUT2D eigenvalue weighted by molar-refractivity contribution is -0.139. The van der Waals surface area contributed by atoms with Crippen molar-refractivity contribution in [2.45, 2.75) is 13.8 Å². The van der Waals surface area contributed by atoms with Crippen molar-refractivity contribution < 1.29 is 23.1 Å². The number of hydrogen-bond acceptors (Lipinski definition) is 4. The molecule has 0 aliphatic carbocycles. The van der Waals surface area contributed by atoms with E-state index < -0.39 is 22.8 Å². The molecule has 0 saturated heterocycles. The van der Waals surface area contributed by atoms with Crippen LogP contribution in [0.25, 0.3) is 0 Å². The van der Waals surface area contributed by atoms with Gasteiger partial charge in [-0.05, 0) is 18.1 Å². The molecule has 8 heteroatoms. The van der Waals surface area contributed by atoms with Gasteiger partial charge in [-0.3, -0.25) is 4.72 Å². The molecule has 1 aromatic rings. The third-order valence-corrected chi connectivity index (χ3v) is 3.20. The molecule has 7 nitrogen and oxygen atoms in total. The highest BCUT2D eigenvalue weighted by atomic mass is 32.2. The molecule has 1 rings (SSSR count). The summed E-state index contributed by atoms with van der Waals surface area (Å²) >= 11 is 0. The molecule has 0 radical (unpaired) electrons. The lowest BCUT2D eigenvalue weighted by Crippen LogP contribution is -2.33. The third-order valence-electron chi connectivity index (χ3n) is 2.16. The van der Waals surface area contributed by atoms with E-state index in [0.717, 1.165) is 0 Å². The van der Waals surface area contributed by atoms with Gasteiger partial charge in [0.15, 0.2) is 6.61 Å². The predicted octanol–water partition coefficient (Wildman–Crippen LogP) is 1.05. The standard InChI is InChI=1S/C12H18N2O5S/c1-9(2)7-13-20(17,18)14-10-5-3-4-6-11(10)19-8-12(15)16/h3-6,9,13-14H,7-8H2,1-2H3,(H,15,16). The molecule has 0 fully saturated rings. The highest BCUT2D eigenvalue weighted by Gasteiger charge is 2.13. The average Bonchev–Trinajstić information content (AvgIpc) is 2.35. The van der Waals surface area contributed by atoms with E-state index in [1.807, 2.05) is 13.8 Å². The van der Waals surface area contributed by atoms with Crippen LogP contribution < -0.4 is 14.2 Å². The maximum atomic E-state index is 11.8. The monoisotopic (exact) mass is 302 g/mol. The van der Waals surface area contributed by atoms with Gasteiger partial charge in [-0.1, -0.05) is 26.0 Å². The summed E-state index contributed by atoms with van der Waals surface area (Å²) in [6, 6.07) is 6.22. The van der Waals surface area contributed by atoms with E-state index in [0.29, 0.717) is 6.54 Å². The zero-order valence-electron chi connectivity index (χ0n) is 11.3. The predicted molar refractivity (Wildman–Crippen MR) is 75.0 cm³/mol. The Morgan fingerprint density at radius 1 is 1.35 bits per heavy atom. The number of anilines is 1. The molecule has 0 heterocycles. The molecule has 3 N–H and O–H groups in total. The minimum atomic E-state index is -3.72. The number of ether oxygens (including phenoxy) is 1. The van der Waals surface area contributed by atoms with Gasteiger partial charge < -0.3 is 9.84 Å². The molecule has 0 amide bonds. The molecule has 0 atom stereocenters.